The summed E-state index contributed by atoms with van der Waals surface area (Å²) in [4.78, 5) is 20.4. The van der Waals surface area contributed by atoms with E-state index in [2.05, 4.69) is 20.4 Å². The van der Waals surface area contributed by atoms with E-state index in [0.717, 1.165) is 0 Å². The van der Waals surface area contributed by atoms with E-state index >= 15 is 0 Å². The Morgan fingerprint density at radius 1 is 1.55 bits per heavy atom. The summed E-state index contributed by atoms with van der Waals surface area (Å²) < 4.78 is 6.72. The third-order valence-corrected chi connectivity index (χ3v) is 3.09. The van der Waals surface area contributed by atoms with Crippen LogP contribution in [0.15, 0.2) is 24.4 Å². The molecule has 7 heteroatoms. The van der Waals surface area contributed by atoms with Gasteiger partial charge in [-0.1, -0.05) is 6.07 Å². The molecular formula is C13H15N5O2. The molecule has 0 saturated carbocycles. The minimum Gasteiger partial charge on any atom is -0.466 e. The summed E-state index contributed by atoms with van der Waals surface area (Å²) in [5, 5.41) is 7.49. The zero-order valence-electron chi connectivity index (χ0n) is 11.1. The molecule has 1 atom stereocenters. The summed E-state index contributed by atoms with van der Waals surface area (Å²) in [5.74, 6) is 0.769. The smallest absolute Gasteiger partial charge is 0.312 e. The summed E-state index contributed by atoms with van der Waals surface area (Å²) in [6.07, 6.45) is 1.70. The van der Waals surface area contributed by atoms with Crippen molar-refractivity contribution in [3.8, 4) is 11.5 Å². The SMILES string of the molecule is CCOC(=O)C1CNc2nc(-c3ccccn3)nn2C1. The second-order valence-corrected chi connectivity index (χ2v) is 4.49. The van der Waals surface area contributed by atoms with E-state index < -0.39 is 0 Å². The van der Waals surface area contributed by atoms with Crippen molar-refractivity contribution in [2.45, 2.75) is 13.5 Å². The number of nitrogens with one attached hydrogen (secondary N) is 1. The van der Waals surface area contributed by atoms with Gasteiger partial charge in [0.25, 0.3) is 0 Å². The molecule has 7 nitrogen and oxygen atoms in total. The van der Waals surface area contributed by atoms with E-state index in [4.69, 9.17) is 4.74 Å². The molecule has 0 aromatic carbocycles. The zero-order chi connectivity index (χ0) is 13.9. The Labute approximate surface area is 116 Å². The van der Waals surface area contributed by atoms with Gasteiger partial charge in [-0.05, 0) is 19.1 Å². The lowest BCUT2D eigenvalue weighted by atomic mass is 10.1. The number of anilines is 1. The molecule has 0 spiro atoms. The molecule has 0 saturated heterocycles. The van der Waals surface area contributed by atoms with Crippen LogP contribution in [0.1, 0.15) is 6.92 Å². The first-order chi connectivity index (χ1) is 9.78. The van der Waals surface area contributed by atoms with Crippen LogP contribution in [0.4, 0.5) is 5.95 Å². The number of rotatable bonds is 3. The van der Waals surface area contributed by atoms with Gasteiger partial charge >= 0.3 is 5.97 Å². The van der Waals surface area contributed by atoms with Gasteiger partial charge in [-0.25, -0.2) is 4.68 Å². The average Bonchev–Trinajstić information content (AvgIpc) is 2.91. The number of esters is 1. The lowest BCUT2D eigenvalue weighted by Crippen LogP contribution is -2.34. The Bertz CT molecular complexity index is 610. The van der Waals surface area contributed by atoms with Gasteiger partial charge in [0.05, 0.1) is 19.1 Å². The van der Waals surface area contributed by atoms with Gasteiger partial charge in [-0.2, -0.15) is 4.98 Å². The first-order valence-electron chi connectivity index (χ1n) is 6.54. The fourth-order valence-electron chi connectivity index (χ4n) is 2.11. The fraction of sp³-hybridized carbons (Fsp3) is 0.385. The minimum absolute atomic E-state index is 0.208. The van der Waals surface area contributed by atoms with Gasteiger partial charge in [0, 0.05) is 12.7 Å². The number of nitrogens with zero attached hydrogens (tertiary/aromatic N) is 4. The van der Waals surface area contributed by atoms with Gasteiger partial charge in [-0.3, -0.25) is 9.78 Å². The van der Waals surface area contributed by atoms with Crippen LogP contribution < -0.4 is 5.32 Å². The molecule has 0 fully saturated rings. The maximum absolute atomic E-state index is 11.7. The van der Waals surface area contributed by atoms with Gasteiger partial charge in [0.1, 0.15) is 5.69 Å². The second-order valence-electron chi connectivity index (χ2n) is 4.49. The van der Waals surface area contributed by atoms with Crippen molar-refractivity contribution >= 4 is 11.9 Å². The number of hydrogen-bond acceptors (Lipinski definition) is 6. The zero-order valence-corrected chi connectivity index (χ0v) is 11.1. The second kappa shape index (κ2) is 5.28. The summed E-state index contributed by atoms with van der Waals surface area (Å²) in [6, 6.07) is 5.58. The van der Waals surface area contributed by atoms with Crippen LogP contribution >= 0.6 is 0 Å². The van der Waals surface area contributed by atoms with Gasteiger partial charge in [-0.15, -0.1) is 5.10 Å². The largest absolute Gasteiger partial charge is 0.466 e. The van der Waals surface area contributed by atoms with Crippen molar-refractivity contribution in [3.05, 3.63) is 24.4 Å². The Hall–Kier alpha value is -2.44. The Balaban J connectivity index is 1.81. The van der Waals surface area contributed by atoms with E-state index in [-0.39, 0.29) is 11.9 Å². The molecule has 20 heavy (non-hydrogen) atoms. The van der Waals surface area contributed by atoms with Gasteiger partial charge in [0.2, 0.25) is 11.8 Å². The van der Waals surface area contributed by atoms with E-state index in [1.54, 1.807) is 17.8 Å². The molecule has 104 valence electrons. The molecule has 3 rings (SSSR count). The van der Waals surface area contributed by atoms with Crippen LogP contribution in [0.25, 0.3) is 11.5 Å². The normalized spacial score (nSPS) is 17.1. The molecule has 3 heterocycles. The molecule has 1 unspecified atom stereocenters. The number of hydrogen-bond donors (Lipinski definition) is 1. The van der Waals surface area contributed by atoms with E-state index in [9.17, 15) is 4.79 Å². The van der Waals surface area contributed by atoms with Crippen LogP contribution in [0.5, 0.6) is 0 Å². The number of ether oxygens (including phenoxy) is 1. The monoisotopic (exact) mass is 273 g/mol. The Morgan fingerprint density at radius 3 is 3.20 bits per heavy atom. The molecule has 1 aliphatic heterocycles. The number of carbonyl (C=O) groups is 1. The first-order valence-corrected chi connectivity index (χ1v) is 6.54. The standard InChI is InChI=1S/C13H15N5O2/c1-2-20-12(19)9-7-15-13-16-11(17-18(13)8-9)10-5-3-4-6-14-10/h3-6,9H,2,7-8H2,1H3,(H,15,16,17). The highest BCUT2D eigenvalue weighted by Gasteiger charge is 2.27. The molecular weight excluding hydrogens is 258 g/mol. The third kappa shape index (κ3) is 2.34. The predicted molar refractivity (Wildman–Crippen MR) is 71.9 cm³/mol. The molecule has 1 N–H and O–H groups in total. The van der Waals surface area contributed by atoms with Gasteiger partial charge in [0.15, 0.2) is 0 Å². The lowest BCUT2D eigenvalue weighted by molar-refractivity contribution is -0.148. The number of fused-ring (bicyclic) bond motifs is 1. The highest BCUT2D eigenvalue weighted by Crippen LogP contribution is 2.20. The summed E-state index contributed by atoms with van der Waals surface area (Å²) in [7, 11) is 0. The fourth-order valence-corrected chi connectivity index (χ4v) is 2.11. The van der Waals surface area contributed by atoms with E-state index in [1.807, 2.05) is 18.2 Å². The Morgan fingerprint density at radius 2 is 2.45 bits per heavy atom. The lowest BCUT2D eigenvalue weighted by Gasteiger charge is -2.21. The maximum atomic E-state index is 11.7. The van der Waals surface area contributed by atoms with Crippen molar-refractivity contribution in [3.63, 3.8) is 0 Å². The molecule has 0 aliphatic carbocycles. The number of pyridine rings is 1. The Kier molecular flexibility index (Phi) is 3.32. The highest BCUT2D eigenvalue weighted by molar-refractivity contribution is 5.73. The maximum Gasteiger partial charge on any atom is 0.312 e. The van der Waals surface area contributed by atoms with Crippen molar-refractivity contribution in [1.82, 2.24) is 19.7 Å². The number of carbonyl (C=O) groups excluding carboxylic acids is 1. The quantitative estimate of drug-likeness (QED) is 0.838. The molecule has 0 amide bonds. The summed E-state index contributed by atoms with van der Waals surface area (Å²) in [6.45, 7) is 3.17. The van der Waals surface area contributed by atoms with Crippen molar-refractivity contribution in [2.24, 2.45) is 5.92 Å². The predicted octanol–water partition coefficient (Wildman–Crippen LogP) is 0.945. The van der Waals surface area contributed by atoms with Crippen molar-refractivity contribution in [1.29, 1.82) is 0 Å². The topological polar surface area (TPSA) is 81.9 Å². The molecule has 0 radical (unpaired) electrons. The highest BCUT2D eigenvalue weighted by atomic mass is 16.5. The molecule has 1 aliphatic rings. The number of aromatic nitrogens is 4. The van der Waals surface area contributed by atoms with Crippen LogP contribution in [0.3, 0.4) is 0 Å². The molecule has 0 bridgehead atoms. The van der Waals surface area contributed by atoms with Gasteiger partial charge < -0.3 is 10.1 Å². The molecule has 2 aromatic rings. The van der Waals surface area contributed by atoms with Crippen molar-refractivity contribution < 1.29 is 9.53 Å². The average molecular weight is 273 g/mol. The van der Waals surface area contributed by atoms with Crippen LogP contribution in [0, 0.1) is 5.92 Å². The van der Waals surface area contributed by atoms with Crippen molar-refractivity contribution in [2.75, 3.05) is 18.5 Å². The minimum atomic E-state index is -0.235. The van der Waals surface area contributed by atoms with Crippen LogP contribution in [-0.4, -0.2) is 38.9 Å². The van der Waals surface area contributed by atoms with E-state index in [1.165, 1.54) is 0 Å². The third-order valence-electron chi connectivity index (χ3n) is 3.09. The summed E-state index contributed by atoms with van der Waals surface area (Å²) in [5.41, 5.74) is 0.712. The van der Waals surface area contributed by atoms with Crippen LogP contribution in [0.2, 0.25) is 0 Å². The molecule has 2 aromatic heterocycles. The van der Waals surface area contributed by atoms with Crippen LogP contribution in [-0.2, 0) is 16.1 Å². The van der Waals surface area contributed by atoms with E-state index in [0.29, 0.717) is 37.2 Å². The summed E-state index contributed by atoms with van der Waals surface area (Å²) >= 11 is 0. The first kappa shape index (κ1) is 12.6.